The molecule has 0 saturated carbocycles. The van der Waals surface area contributed by atoms with E-state index >= 15 is 0 Å². The molecule has 2 aromatic heterocycles. The summed E-state index contributed by atoms with van der Waals surface area (Å²) in [5.41, 5.74) is 2.45. The van der Waals surface area contributed by atoms with E-state index in [4.69, 9.17) is 4.52 Å². The molecule has 2 heterocycles. The number of hydrogen-bond acceptors (Lipinski definition) is 4. The van der Waals surface area contributed by atoms with Gasteiger partial charge in [0.2, 0.25) is 5.89 Å². The molecule has 0 radical (unpaired) electrons. The minimum absolute atomic E-state index is 0.283. The van der Waals surface area contributed by atoms with Gasteiger partial charge in [-0.05, 0) is 30.1 Å². The summed E-state index contributed by atoms with van der Waals surface area (Å²) in [7, 11) is 1.95. The zero-order chi connectivity index (χ0) is 14.8. The third-order valence-electron chi connectivity index (χ3n) is 3.53. The average molecular weight is 284 g/mol. The van der Waals surface area contributed by atoms with Gasteiger partial charge in [-0.3, -0.25) is 0 Å². The van der Waals surface area contributed by atoms with Crippen molar-refractivity contribution in [3.8, 4) is 0 Å². The molecule has 0 aliphatic carbocycles. The van der Waals surface area contributed by atoms with Gasteiger partial charge in [0.25, 0.3) is 0 Å². The molecule has 110 valence electrons. The monoisotopic (exact) mass is 284 g/mol. The molecule has 21 heavy (non-hydrogen) atoms. The van der Waals surface area contributed by atoms with Crippen molar-refractivity contribution in [3.05, 3.63) is 47.7 Å². The van der Waals surface area contributed by atoms with E-state index in [0.29, 0.717) is 12.4 Å². The Bertz CT molecular complexity index is 742. The van der Waals surface area contributed by atoms with Crippen LogP contribution < -0.4 is 5.32 Å². The Hall–Kier alpha value is -2.14. The Morgan fingerprint density at radius 3 is 2.86 bits per heavy atom. The first-order valence-electron chi connectivity index (χ1n) is 7.22. The first kappa shape index (κ1) is 13.8. The zero-order valence-electron chi connectivity index (χ0n) is 12.6. The van der Waals surface area contributed by atoms with E-state index in [2.05, 4.69) is 64.3 Å². The van der Waals surface area contributed by atoms with E-state index in [1.54, 1.807) is 0 Å². The number of rotatable bonds is 5. The van der Waals surface area contributed by atoms with Crippen molar-refractivity contribution < 1.29 is 4.52 Å². The van der Waals surface area contributed by atoms with Crippen LogP contribution in [-0.4, -0.2) is 21.8 Å². The van der Waals surface area contributed by atoms with Crippen molar-refractivity contribution >= 4 is 10.9 Å². The van der Waals surface area contributed by atoms with Crippen molar-refractivity contribution in [1.82, 2.24) is 20.0 Å². The molecule has 1 N–H and O–H groups in total. The summed E-state index contributed by atoms with van der Waals surface area (Å²) >= 11 is 0. The molecule has 0 saturated heterocycles. The third-order valence-corrected chi connectivity index (χ3v) is 3.53. The Morgan fingerprint density at radius 1 is 1.29 bits per heavy atom. The highest BCUT2D eigenvalue weighted by atomic mass is 16.5. The van der Waals surface area contributed by atoms with Crippen LogP contribution in [0.5, 0.6) is 0 Å². The molecule has 0 spiro atoms. The number of hydrogen-bond donors (Lipinski definition) is 1. The zero-order valence-corrected chi connectivity index (χ0v) is 12.6. The summed E-state index contributed by atoms with van der Waals surface area (Å²) < 4.78 is 7.48. The normalized spacial score (nSPS) is 11.6. The van der Waals surface area contributed by atoms with Gasteiger partial charge in [0.1, 0.15) is 6.54 Å². The summed E-state index contributed by atoms with van der Waals surface area (Å²) in [5, 5.41) is 8.41. The van der Waals surface area contributed by atoms with Gasteiger partial charge < -0.3 is 14.4 Å². The SMILES string of the molecule is CNCc1ccc2ccn(Cc3nc(C(C)C)no3)c2c1. The fourth-order valence-electron chi connectivity index (χ4n) is 2.39. The first-order chi connectivity index (χ1) is 10.2. The van der Waals surface area contributed by atoms with Gasteiger partial charge in [-0.1, -0.05) is 31.1 Å². The summed E-state index contributed by atoms with van der Waals surface area (Å²) in [5.74, 6) is 1.69. The Kier molecular flexibility index (Phi) is 3.75. The molecule has 3 aromatic rings. The second kappa shape index (κ2) is 5.69. The quantitative estimate of drug-likeness (QED) is 0.782. The number of nitrogens with zero attached hydrogens (tertiary/aromatic N) is 3. The fourth-order valence-corrected chi connectivity index (χ4v) is 2.39. The molecule has 1 aromatic carbocycles. The fraction of sp³-hybridized carbons (Fsp3) is 0.375. The largest absolute Gasteiger partial charge is 0.338 e. The Balaban J connectivity index is 1.90. The van der Waals surface area contributed by atoms with Crippen LogP contribution in [0.2, 0.25) is 0 Å². The van der Waals surface area contributed by atoms with E-state index in [0.717, 1.165) is 12.4 Å². The van der Waals surface area contributed by atoms with E-state index in [1.807, 2.05) is 7.05 Å². The lowest BCUT2D eigenvalue weighted by Crippen LogP contribution is -2.05. The van der Waals surface area contributed by atoms with Crippen LogP contribution in [0.3, 0.4) is 0 Å². The standard InChI is InChI=1S/C16H20N4O/c1-11(2)16-18-15(21-19-16)10-20-7-6-13-5-4-12(9-17-3)8-14(13)20/h4-8,11,17H,9-10H2,1-3H3. The van der Waals surface area contributed by atoms with Gasteiger partial charge in [0, 0.05) is 24.2 Å². The summed E-state index contributed by atoms with van der Waals surface area (Å²) in [6.07, 6.45) is 2.06. The number of fused-ring (bicyclic) bond motifs is 1. The second-order valence-corrected chi connectivity index (χ2v) is 5.57. The lowest BCUT2D eigenvalue weighted by molar-refractivity contribution is 0.366. The molecule has 0 aliphatic rings. The summed E-state index contributed by atoms with van der Waals surface area (Å²) in [4.78, 5) is 4.44. The topological polar surface area (TPSA) is 55.9 Å². The predicted molar refractivity (Wildman–Crippen MR) is 82.2 cm³/mol. The highest BCUT2D eigenvalue weighted by Gasteiger charge is 2.11. The maximum absolute atomic E-state index is 5.33. The molecule has 0 atom stereocenters. The second-order valence-electron chi connectivity index (χ2n) is 5.57. The van der Waals surface area contributed by atoms with Crippen LogP contribution in [0.4, 0.5) is 0 Å². The molecule has 5 heteroatoms. The first-order valence-corrected chi connectivity index (χ1v) is 7.22. The van der Waals surface area contributed by atoms with Crippen molar-refractivity contribution in [2.45, 2.75) is 32.9 Å². The highest BCUT2D eigenvalue weighted by Crippen LogP contribution is 2.19. The molecular weight excluding hydrogens is 264 g/mol. The minimum Gasteiger partial charge on any atom is -0.338 e. The Morgan fingerprint density at radius 2 is 2.14 bits per heavy atom. The summed E-state index contributed by atoms with van der Waals surface area (Å²) in [6, 6.07) is 8.60. The maximum atomic E-state index is 5.33. The van der Waals surface area contributed by atoms with Crippen LogP contribution in [0.15, 0.2) is 35.0 Å². The lowest BCUT2D eigenvalue weighted by atomic mass is 10.1. The highest BCUT2D eigenvalue weighted by molar-refractivity contribution is 5.80. The predicted octanol–water partition coefficient (Wildman–Crippen LogP) is 2.92. The minimum atomic E-state index is 0.283. The van der Waals surface area contributed by atoms with Gasteiger partial charge in [0.05, 0.1) is 0 Å². The van der Waals surface area contributed by atoms with E-state index in [-0.39, 0.29) is 5.92 Å². The molecule has 0 bridgehead atoms. The van der Waals surface area contributed by atoms with Gasteiger partial charge in [-0.2, -0.15) is 4.98 Å². The molecular formula is C16H20N4O. The van der Waals surface area contributed by atoms with Gasteiger partial charge >= 0.3 is 0 Å². The van der Waals surface area contributed by atoms with E-state index in [9.17, 15) is 0 Å². The molecule has 0 amide bonds. The van der Waals surface area contributed by atoms with Gasteiger partial charge in [-0.15, -0.1) is 0 Å². The summed E-state index contributed by atoms with van der Waals surface area (Å²) in [6.45, 7) is 5.58. The van der Waals surface area contributed by atoms with Crippen molar-refractivity contribution in [2.24, 2.45) is 0 Å². The van der Waals surface area contributed by atoms with Crippen molar-refractivity contribution in [3.63, 3.8) is 0 Å². The van der Waals surface area contributed by atoms with Crippen LogP contribution in [0, 0.1) is 0 Å². The molecule has 3 rings (SSSR count). The smallest absolute Gasteiger partial charge is 0.246 e. The van der Waals surface area contributed by atoms with Crippen LogP contribution in [-0.2, 0) is 13.1 Å². The molecule has 0 aliphatic heterocycles. The number of nitrogens with one attached hydrogen (secondary N) is 1. The van der Waals surface area contributed by atoms with Crippen LogP contribution in [0.1, 0.15) is 37.0 Å². The third kappa shape index (κ3) is 2.83. The molecule has 5 nitrogen and oxygen atoms in total. The Labute approximate surface area is 124 Å². The maximum Gasteiger partial charge on any atom is 0.246 e. The van der Waals surface area contributed by atoms with Crippen LogP contribution >= 0.6 is 0 Å². The lowest BCUT2D eigenvalue weighted by Gasteiger charge is -2.04. The van der Waals surface area contributed by atoms with Gasteiger partial charge in [-0.25, -0.2) is 0 Å². The van der Waals surface area contributed by atoms with Gasteiger partial charge in [0.15, 0.2) is 5.82 Å². The average Bonchev–Trinajstić information content (AvgIpc) is 3.07. The van der Waals surface area contributed by atoms with E-state index < -0.39 is 0 Å². The van der Waals surface area contributed by atoms with Crippen LogP contribution in [0.25, 0.3) is 10.9 Å². The number of aromatic nitrogens is 3. The van der Waals surface area contributed by atoms with E-state index in [1.165, 1.54) is 16.5 Å². The molecule has 0 fully saturated rings. The number of benzene rings is 1. The molecule has 0 unspecified atom stereocenters. The van der Waals surface area contributed by atoms with Crippen molar-refractivity contribution in [1.29, 1.82) is 0 Å². The van der Waals surface area contributed by atoms with Crippen molar-refractivity contribution in [2.75, 3.05) is 7.05 Å².